The van der Waals surface area contributed by atoms with E-state index in [1.165, 1.54) is 0 Å². The number of aromatic nitrogens is 1. The third-order valence-corrected chi connectivity index (χ3v) is 3.12. The van der Waals surface area contributed by atoms with Gasteiger partial charge in [0.05, 0.1) is 2.74 Å². The number of fused-ring (bicyclic) bond motifs is 3. The summed E-state index contributed by atoms with van der Waals surface area (Å²) in [6.45, 7) is 6.53. The lowest BCUT2D eigenvalue weighted by Gasteiger charge is -2.24. The highest BCUT2D eigenvalue weighted by atomic mass is 15.0. The van der Waals surface area contributed by atoms with Gasteiger partial charge >= 0.3 is 0 Å². The first kappa shape index (κ1) is 8.35. The molecule has 0 saturated carbocycles. The highest BCUT2D eigenvalue weighted by molar-refractivity contribution is 6.08. The minimum absolute atomic E-state index is 0.0346. The predicted octanol–water partition coefficient (Wildman–Crippen LogP) is 4.55. The standard InChI is InChI=1S/C16H17N/c1-16(2,3)17-14-10-6-4-8-12(14)13-9-5-7-11-15(13)17/h4-11H,1-3H3/i4D,5D. The average Bonchev–Trinajstić information content (AvgIpc) is 2.62. The molecule has 1 heterocycles. The van der Waals surface area contributed by atoms with E-state index in [4.69, 9.17) is 2.74 Å². The van der Waals surface area contributed by atoms with Crippen molar-refractivity contribution in [1.82, 2.24) is 4.57 Å². The van der Waals surface area contributed by atoms with Crippen molar-refractivity contribution >= 4 is 21.8 Å². The van der Waals surface area contributed by atoms with Crippen molar-refractivity contribution in [3.05, 3.63) is 48.5 Å². The molecule has 0 fully saturated rings. The molecule has 0 unspecified atom stereocenters. The minimum Gasteiger partial charge on any atom is -0.335 e. The summed E-state index contributed by atoms with van der Waals surface area (Å²) in [5, 5.41) is 2.12. The molecular formula is C16H17N. The van der Waals surface area contributed by atoms with Crippen LogP contribution in [-0.2, 0) is 5.54 Å². The lowest BCUT2D eigenvalue weighted by Crippen LogP contribution is -2.21. The molecule has 0 aliphatic heterocycles. The molecule has 1 aromatic heterocycles. The monoisotopic (exact) mass is 225 g/mol. The van der Waals surface area contributed by atoms with Crippen LogP contribution in [0.1, 0.15) is 23.5 Å². The molecule has 17 heavy (non-hydrogen) atoms. The van der Waals surface area contributed by atoms with Gasteiger partial charge in [-0.15, -0.1) is 0 Å². The predicted molar refractivity (Wildman–Crippen MR) is 74.4 cm³/mol. The van der Waals surface area contributed by atoms with Crippen molar-refractivity contribution in [3.8, 4) is 0 Å². The number of rotatable bonds is 0. The molecule has 0 spiro atoms. The summed E-state index contributed by atoms with van der Waals surface area (Å²) in [4.78, 5) is 0. The van der Waals surface area contributed by atoms with Gasteiger partial charge in [0.2, 0.25) is 0 Å². The van der Waals surface area contributed by atoms with Gasteiger partial charge in [0.25, 0.3) is 0 Å². The van der Waals surface area contributed by atoms with E-state index in [0.29, 0.717) is 12.1 Å². The van der Waals surface area contributed by atoms with Crippen molar-refractivity contribution in [3.63, 3.8) is 0 Å². The van der Waals surface area contributed by atoms with Gasteiger partial charge in [-0.1, -0.05) is 36.4 Å². The van der Waals surface area contributed by atoms with Crippen LogP contribution >= 0.6 is 0 Å². The second kappa shape index (κ2) is 3.36. The first-order valence-electron chi connectivity index (χ1n) is 6.90. The van der Waals surface area contributed by atoms with E-state index >= 15 is 0 Å². The third kappa shape index (κ3) is 1.46. The van der Waals surface area contributed by atoms with Crippen molar-refractivity contribution in [2.45, 2.75) is 26.3 Å². The molecule has 0 atom stereocenters. The lowest BCUT2D eigenvalue weighted by atomic mass is 10.1. The van der Waals surface area contributed by atoms with E-state index in [2.05, 4.69) is 25.3 Å². The van der Waals surface area contributed by atoms with Gasteiger partial charge in [0.1, 0.15) is 0 Å². The fourth-order valence-electron chi connectivity index (χ4n) is 2.52. The molecule has 0 aliphatic rings. The molecule has 3 aromatic rings. The molecule has 86 valence electrons. The van der Waals surface area contributed by atoms with Crippen LogP contribution < -0.4 is 0 Å². The van der Waals surface area contributed by atoms with Crippen LogP contribution in [0.5, 0.6) is 0 Å². The molecule has 0 aliphatic carbocycles. The summed E-state index contributed by atoms with van der Waals surface area (Å²) in [5.74, 6) is 0. The highest BCUT2D eigenvalue weighted by Gasteiger charge is 2.19. The molecule has 0 saturated heterocycles. The fourth-order valence-corrected chi connectivity index (χ4v) is 2.52. The van der Waals surface area contributed by atoms with Crippen LogP contribution in [0.25, 0.3) is 21.8 Å². The Kier molecular flexibility index (Phi) is 1.65. The van der Waals surface area contributed by atoms with Gasteiger partial charge in [0.15, 0.2) is 0 Å². The summed E-state index contributed by atoms with van der Waals surface area (Å²) >= 11 is 0. The van der Waals surface area contributed by atoms with Crippen LogP contribution in [0.2, 0.25) is 0 Å². The Morgan fingerprint density at radius 3 is 1.76 bits per heavy atom. The summed E-state index contributed by atoms with van der Waals surface area (Å²) in [6.07, 6.45) is 0. The van der Waals surface area contributed by atoms with E-state index in [9.17, 15) is 0 Å². The normalized spacial score (nSPS) is 14.1. The summed E-state index contributed by atoms with van der Waals surface area (Å²) < 4.78 is 17.9. The Balaban J connectivity index is 2.58. The van der Waals surface area contributed by atoms with Crippen molar-refractivity contribution in [2.75, 3.05) is 0 Å². The Hall–Kier alpha value is -1.76. The lowest BCUT2D eigenvalue weighted by molar-refractivity contribution is 0.423. The van der Waals surface area contributed by atoms with Crippen molar-refractivity contribution in [2.24, 2.45) is 0 Å². The molecule has 3 rings (SSSR count). The topological polar surface area (TPSA) is 4.93 Å². The molecule has 0 radical (unpaired) electrons. The Morgan fingerprint density at radius 1 is 0.882 bits per heavy atom. The van der Waals surface area contributed by atoms with Crippen molar-refractivity contribution in [1.29, 1.82) is 0 Å². The second-order valence-corrected chi connectivity index (χ2v) is 5.39. The zero-order valence-corrected chi connectivity index (χ0v) is 10.4. The number of para-hydroxylation sites is 2. The summed E-state index contributed by atoms with van der Waals surface area (Å²) in [5.41, 5.74) is 2.22. The summed E-state index contributed by atoms with van der Waals surface area (Å²) in [7, 11) is 0. The number of nitrogens with zero attached hydrogens (tertiary/aromatic N) is 1. The molecule has 2 aromatic carbocycles. The van der Waals surface area contributed by atoms with E-state index in [1.807, 2.05) is 36.4 Å². The van der Waals surface area contributed by atoms with E-state index in [0.717, 1.165) is 21.8 Å². The SMILES string of the molecule is [2H]c1ccc2c(c1)c1cc([2H])ccc1n2C(C)(C)C. The second-order valence-electron chi connectivity index (χ2n) is 5.39. The average molecular weight is 225 g/mol. The molecule has 1 heteroatoms. The Morgan fingerprint density at radius 2 is 1.35 bits per heavy atom. The first-order valence-corrected chi connectivity index (χ1v) is 5.90. The maximum atomic E-state index is 7.82. The van der Waals surface area contributed by atoms with Crippen LogP contribution in [0.15, 0.2) is 48.5 Å². The van der Waals surface area contributed by atoms with E-state index in [1.54, 1.807) is 0 Å². The van der Waals surface area contributed by atoms with Crippen molar-refractivity contribution < 1.29 is 2.74 Å². The van der Waals surface area contributed by atoms with Crippen LogP contribution in [0.4, 0.5) is 0 Å². The van der Waals surface area contributed by atoms with Gasteiger partial charge in [0, 0.05) is 27.3 Å². The Labute approximate surface area is 104 Å². The number of hydrogen-bond donors (Lipinski definition) is 0. The third-order valence-electron chi connectivity index (χ3n) is 3.12. The van der Waals surface area contributed by atoms with Gasteiger partial charge in [-0.05, 0) is 32.9 Å². The maximum Gasteiger partial charge on any atom is 0.0623 e. The molecule has 0 N–H and O–H groups in total. The minimum atomic E-state index is -0.0346. The summed E-state index contributed by atoms with van der Waals surface area (Å²) in [6, 6.07) is 12.5. The smallest absolute Gasteiger partial charge is 0.0623 e. The Bertz CT molecular complexity index is 719. The molecular weight excluding hydrogens is 206 g/mol. The fraction of sp³-hybridized carbons (Fsp3) is 0.250. The van der Waals surface area contributed by atoms with Gasteiger partial charge in [-0.25, -0.2) is 0 Å². The van der Waals surface area contributed by atoms with Gasteiger partial charge in [-0.3, -0.25) is 0 Å². The van der Waals surface area contributed by atoms with Gasteiger partial charge in [-0.2, -0.15) is 0 Å². The molecule has 1 nitrogen and oxygen atoms in total. The largest absolute Gasteiger partial charge is 0.335 e. The maximum absolute atomic E-state index is 7.82. The van der Waals surface area contributed by atoms with Crippen LogP contribution in [0, 0.1) is 0 Å². The molecule has 0 amide bonds. The zero-order chi connectivity index (χ0) is 13.8. The van der Waals surface area contributed by atoms with E-state index in [-0.39, 0.29) is 5.54 Å². The number of benzene rings is 2. The van der Waals surface area contributed by atoms with Crippen LogP contribution in [0.3, 0.4) is 0 Å². The zero-order valence-electron chi connectivity index (χ0n) is 12.4. The quantitative estimate of drug-likeness (QED) is 0.529. The van der Waals surface area contributed by atoms with Gasteiger partial charge < -0.3 is 4.57 Å². The highest BCUT2D eigenvalue weighted by Crippen LogP contribution is 2.33. The van der Waals surface area contributed by atoms with Crippen LogP contribution in [-0.4, -0.2) is 4.57 Å². The number of hydrogen-bond acceptors (Lipinski definition) is 0. The molecule has 0 bridgehead atoms. The first-order chi connectivity index (χ1) is 8.88. The van der Waals surface area contributed by atoms with E-state index < -0.39 is 0 Å².